The van der Waals surface area contributed by atoms with Crippen LogP contribution in [-0.2, 0) is 0 Å². The molecule has 1 aliphatic rings. The third kappa shape index (κ3) is 3.22. The van der Waals surface area contributed by atoms with Gasteiger partial charge in [0.15, 0.2) is 0 Å². The second-order valence-corrected chi connectivity index (χ2v) is 5.35. The second kappa shape index (κ2) is 5.54. The molecule has 17 heavy (non-hydrogen) atoms. The molecule has 1 aromatic rings. The van der Waals surface area contributed by atoms with Crippen molar-refractivity contribution in [1.29, 1.82) is 0 Å². The molecule has 0 saturated heterocycles. The Morgan fingerprint density at radius 3 is 2.47 bits per heavy atom. The topological polar surface area (TPSA) is 32.3 Å². The average molecular weight is 233 g/mol. The Hall–Kier alpha value is -1.02. The molecule has 1 aromatic carbocycles. The maximum atomic E-state index is 9.28. The highest BCUT2D eigenvalue weighted by molar-refractivity contribution is 5.27. The fourth-order valence-electron chi connectivity index (χ4n) is 2.74. The van der Waals surface area contributed by atoms with Gasteiger partial charge in [-0.05, 0) is 43.4 Å². The smallest absolute Gasteiger partial charge is 0.115 e. The Kier molecular flexibility index (Phi) is 4.06. The predicted octanol–water partition coefficient (Wildman–Crippen LogP) is 3.62. The highest BCUT2D eigenvalue weighted by atomic mass is 16.3. The highest BCUT2D eigenvalue weighted by Crippen LogP contribution is 2.26. The fraction of sp³-hybridized carbons (Fsp3) is 0.600. The van der Waals surface area contributed by atoms with Crippen molar-refractivity contribution in [3.63, 3.8) is 0 Å². The van der Waals surface area contributed by atoms with E-state index in [-0.39, 0.29) is 0 Å². The fourth-order valence-corrected chi connectivity index (χ4v) is 2.74. The van der Waals surface area contributed by atoms with Gasteiger partial charge in [0, 0.05) is 12.1 Å². The molecule has 1 aliphatic carbocycles. The SMILES string of the molecule is CC(NC1CCCCC1C)c1ccc(O)cc1. The zero-order valence-electron chi connectivity index (χ0n) is 10.8. The third-order valence-electron chi connectivity index (χ3n) is 3.97. The zero-order chi connectivity index (χ0) is 12.3. The largest absolute Gasteiger partial charge is 0.508 e. The molecule has 1 saturated carbocycles. The van der Waals surface area contributed by atoms with E-state index in [1.54, 1.807) is 12.1 Å². The molecule has 0 spiro atoms. The molecule has 2 N–H and O–H groups in total. The van der Waals surface area contributed by atoms with Gasteiger partial charge < -0.3 is 10.4 Å². The third-order valence-corrected chi connectivity index (χ3v) is 3.97. The number of phenols is 1. The maximum absolute atomic E-state index is 9.28. The van der Waals surface area contributed by atoms with Crippen molar-refractivity contribution >= 4 is 0 Å². The lowest BCUT2D eigenvalue weighted by Crippen LogP contribution is -2.38. The summed E-state index contributed by atoms with van der Waals surface area (Å²) in [4.78, 5) is 0. The monoisotopic (exact) mass is 233 g/mol. The van der Waals surface area contributed by atoms with Crippen LogP contribution in [0.25, 0.3) is 0 Å². The van der Waals surface area contributed by atoms with Crippen molar-refractivity contribution in [3.8, 4) is 5.75 Å². The van der Waals surface area contributed by atoms with E-state index in [4.69, 9.17) is 0 Å². The number of nitrogens with one attached hydrogen (secondary N) is 1. The van der Waals surface area contributed by atoms with Gasteiger partial charge in [-0.15, -0.1) is 0 Å². The summed E-state index contributed by atoms with van der Waals surface area (Å²) in [6.07, 6.45) is 5.38. The van der Waals surface area contributed by atoms with E-state index in [2.05, 4.69) is 19.2 Å². The first-order valence-corrected chi connectivity index (χ1v) is 6.72. The normalized spacial score (nSPS) is 26.7. The van der Waals surface area contributed by atoms with Gasteiger partial charge in [0.1, 0.15) is 5.75 Å². The summed E-state index contributed by atoms with van der Waals surface area (Å²) in [5.74, 6) is 1.12. The maximum Gasteiger partial charge on any atom is 0.115 e. The molecular weight excluding hydrogens is 210 g/mol. The first kappa shape index (κ1) is 12.4. The van der Waals surface area contributed by atoms with Crippen molar-refractivity contribution in [2.24, 2.45) is 5.92 Å². The molecule has 3 unspecified atom stereocenters. The first-order valence-electron chi connectivity index (χ1n) is 6.72. The lowest BCUT2D eigenvalue weighted by atomic mass is 9.85. The summed E-state index contributed by atoms with van der Waals surface area (Å²) in [5.41, 5.74) is 1.25. The van der Waals surface area contributed by atoms with Crippen LogP contribution >= 0.6 is 0 Å². The van der Waals surface area contributed by atoms with Crippen LogP contribution in [0, 0.1) is 5.92 Å². The Bertz CT molecular complexity index is 346. The van der Waals surface area contributed by atoms with Gasteiger partial charge in [-0.1, -0.05) is 31.9 Å². The average Bonchev–Trinajstić information content (AvgIpc) is 2.33. The van der Waals surface area contributed by atoms with E-state index in [0.717, 1.165) is 5.92 Å². The number of hydrogen-bond donors (Lipinski definition) is 2. The second-order valence-electron chi connectivity index (χ2n) is 5.35. The van der Waals surface area contributed by atoms with E-state index in [0.29, 0.717) is 17.8 Å². The van der Waals surface area contributed by atoms with E-state index in [9.17, 15) is 5.11 Å². The molecule has 0 amide bonds. The van der Waals surface area contributed by atoms with Gasteiger partial charge in [0.25, 0.3) is 0 Å². The van der Waals surface area contributed by atoms with Crippen LogP contribution in [0.3, 0.4) is 0 Å². The molecule has 2 heteroatoms. The summed E-state index contributed by atoms with van der Waals surface area (Å²) >= 11 is 0. The lowest BCUT2D eigenvalue weighted by Gasteiger charge is -2.32. The number of hydrogen-bond acceptors (Lipinski definition) is 2. The lowest BCUT2D eigenvalue weighted by molar-refractivity contribution is 0.263. The van der Waals surface area contributed by atoms with Crippen molar-refractivity contribution in [2.45, 2.75) is 51.6 Å². The van der Waals surface area contributed by atoms with Crippen molar-refractivity contribution in [1.82, 2.24) is 5.32 Å². The number of aromatic hydroxyl groups is 1. The van der Waals surface area contributed by atoms with Gasteiger partial charge in [-0.3, -0.25) is 0 Å². The molecule has 2 nitrogen and oxygen atoms in total. The van der Waals surface area contributed by atoms with Crippen LogP contribution in [0.5, 0.6) is 5.75 Å². The van der Waals surface area contributed by atoms with Crippen LogP contribution in [0.1, 0.15) is 51.1 Å². The minimum atomic E-state index is 0.340. The Balaban J connectivity index is 1.95. The molecule has 2 rings (SSSR count). The summed E-state index contributed by atoms with van der Waals surface area (Å²) in [7, 11) is 0. The zero-order valence-corrected chi connectivity index (χ0v) is 10.8. The Labute approximate surface area is 104 Å². The van der Waals surface area contributed by atoms with Gasteiger partial charge >= 0.3 is 0 Å². The van der Waals surface area contributed by atoms with Gasteiger partial charge in [0.2, 0.25) is 0 Å². The standard InChI is InChI=1S/C15H23NO/c1-11-5-3-4-6-15(11)16-12(2)13-7-9-14(17)10-8-13/h7-12,15-17H,3-6H2,1-2H3. The summed E-state index contributed by atoms with van der Waals surface area (Å²) in [6, 6.07) is 8.53. The molecular formula is C15H23NO. The van der Waals surface area contributed by atoms with Crippen LogP contribution in [0.2, 0.25) is 0 Å². The van der Waals surface area contributed by atoms with Gasteiger partial charge in [0.05, 0.1) is 0 Å². The number of rotatable bonds is 3. The van der Waals surface area contributed by atoms with E-state index in [1.165, 1.54) is 31.2 Å². The van der Waals surface area contributed by atoms with Crippen LogP contribution in [0.15, 0.2) is 24.3 Å². The number of benzene rings is 1. The summed E-state index contributed by atoms with van der Waals surface area (Å²) < 4.78 is 0. The van der Waals surface area contributed by atoms with Crippen molar-refractivity contribution in [2.75, 3.05) is 0 Å². The molecule has 0 aliphatic heterocycles. The molecule has 94 valence electrons. The first-order chi connectivity index (χ1) is 8.16. The van der Waals surface area contributed by atoms with Crippen molar-refractivity contribution in [3.05, 3.63) is 29.8 Å². The predicted molar refractivity (Wildman–Crippen MR) is 71.1 cm³/mol. The van der Waals surface area contributed by atoms with E-state index >= 15 is 0 Å². The van der Waals surface area contributed by atoms with Gasteiger partial charge in [-0.2, -0.15) is 0 Å². The van der Waals surface area contributed by atoms with Crippen LogP contribution < -0.4 is 5.32 Å². The van der Waals surface area contributed by atoms with Gasteiger partial charge in [-0.25, -0.2) is 0 Å². The highest BCUT2D eigenvalue weighted by Gasteiger charge is 2.22. The Morgan fingerprint density at radius 2 is 1.82 bits per heavy atom. The molecule has 3 atom stereocenters. The van der Waals surface area contributed by atoms with Crippen LogP contribution in [-0.4, -0.2) is 11.1 Å². The minimum Gasteiger partial charge on any atom is -0.508 e. The molecule has 1 fully saturated rings. The van der Waals surface area contributed by atoms with Crippen LogP contribution in [0.4, 0.5) is 0 Å². The number of phenolic OH excluding ortho intramolecular Hbond substituents is 1. The Morgan fingerprint density at radius 1 is 1.18 bits per heavy atom. The van der Waals surface area contributed by atoms with E-state index < -0.39 is 0 Å². The van der Waals surface area contributed by atoms with E-state index in [1.807, 2.05) is 12.1 Å². The quantitative estimate of drug-likeness (QED) is 0.835. The molecule has 0 heterocycles. The summed E-state index contributed by atoms with van der Waals surface area (Å²) in [5, 5.41) is 13.0. The minimum absolute atomic E-state index is 0.340. The van der Waals surface area contributed by atoms with Crippen molar-refractivity contribution < 1.29 is 5.11 Å². The molecule has 0 radical (unpaired) electrons. The summed E-state index contributed by atoms with van der Waals surface area (Å²) in [6.45, 7) is 4.55. The molecule has 0 aromatic heterocycles. The molecule has 0 bridgehead atoms.